The minimum absolute atomic E-state index is 0.0899. The Morgan fingerprint density at radius 3 is 2.21 bits per heavy atom. The van der Waals surface area contributed by atoms with Gasteiger partial charge in [-0.25, -0.2) is 0 Å². The summed E-state index contributed by atoms with van der Waals surface area (Å²) < 4.78 is 57.1. The minimum atomic E-state index is -4.80. The van der Waals surface area contributed by atoms with Crippen LogP contribution in [0.5, 0.6) is 5.75 Å². The molecular weight excluding hydrogens is 603 g/mol. The lowest BCUT2D eigenvalue weighted by molar-refractivity contribution is -0.388. The number of carbonyl (C=O) groups excluding carboxylic acids is 1. The zero-order valence-corrected chi connectivity index (χ0v) is 18.8. The molecule has 2 aromatic rings. The summed E-state index contributed by atoms with van der Waals surface area (Å²) in [6.45, 7) is 0. The summed E-state index contributed by atoms with van der Waals surface area (Å²) in [5.41, 5.74) is -2.25. The lowest BCUT2D eigenvalue weighted by Gasteiger charge is -2.10. The molecule has 0 bridgehead atoms. The lowest BCUT2D eigenvalue weighted by atomic mass is 10.2. The van der Waals surface area contributed by atoms with Crippen LogP contribution >= 0.6 is 47.8 Å². The number of esters is 1. The quantitative estimate of drug-likeness (QED) is 0.190. The highest BCUT2D eigenvalue weighted by molar-refractivity contribution is 9.11. The first-order valence-electron chi connectivity index (χ1n) is 6.99. The van der Waals surface area contributed by atoms with Crippen molar-refractivity contribution in [1.82, 2.24) is 0 Å². The number of benzene rings is 2. The summed E-state index contributed by atoms with van der Waals surface area (Å²) in [5.74, 6) is -1.69. The Bertz CT molecular complexity index is 961. The van der Waals surface area contributed by atoms with Crippen LogP contribution in [0.3, 0.4) is 0 Å². The van der Waals surface area contributed by atoms with Crippen molar-refractivity contribution in [3.05, 3.63) is 59.4 Å². The Balaban J connectivity index is 2.25. The number of rotatable bonds is 5. The number of nitro benzene ring substituents is 1. The van der Waals surface area contributed by atoms with Gasteiger partial charge in [0.15, 0.2) is 5.75 Å². The number of carbonyl (C=O) groups is 1. The molecule has 6 nitrogen and oxygen atoms in total. The van der Waals surface area contributed by atoms with Crippen LogP contribution in [-0.4, -0.2) is 20.9 Å². The van der Waals surface area contributed by atoms with Gasteiger partial charge in [0, 0.05) is 10.5 Å². The minimum Gasteiger partial charge on any atom is -0.423 e. The summed E-state index contributed by atoms with van der Waals surface area (Å²) in [7, 11) is -2.30. The van der Waals surface area contributed by atoms with Crippen molar-refractivity contribution in [3.63, 3.8) is 0 Å². The van der Waals surface area contributed by atoms with Crippen molar-refractivity contribution in [2.75, 3.05) is 5.75 Å². The van der Waals surface area contributed by atoms with Crippen LogP contribution < -0.4 is 4.74 Å². The van der Waals surface area contributed by atoms with Gasteiger partial charge in [-0.15, -0.1) is 0 Å². The van der Waals surface area contributed by atoms with Gasteiger partial charge in [0.1, 0.15) is 10.6 Å². The summed E-state index contributed by atoms with van der Waals surface area (Å²) in [4.78, 5) is 21.6. The van der Waals surface area contributed by atoms with Crippen LogP contribution in [0, 0.1) is 10.1 Å². The van der Waals surface area contributed by atoms with Crippen LogP contribution in [0.1, 0.15) is 5.56 Å². The monoisotopic (exact) mass is 607 g/mol. The van der Waals surface area contributed by atoms with Crippen LogP contribution in [0.2, 0.25) is 0 Å². The van der Waals surface area contributed by atoms with Crippen LogP contribution in [0.4, 0.5) is 18.9 Å². The van der Waals surface area contributed by atoms with E-state index in [0.717, 1.165) is 6.07 Å². The fraction of sp³-hybridized carbons (Fsp3) is 0.133. The SMILES string of the molecule is O=C(CS(=O)c1ccc(C(F)(F)F)cc1[N+](=O)[O-])Oc1c(Br)cc(Br)cc1Br. The van der Waals surface area contributed by atoms with E-state index < -0.39 is 49.8 Å². The van der Waals surface area contributed by atoms with Crippen LogP contribution in [0.15, 0.2) is 48.6 Å². The molecule has 0 spiro atoms. The Kier molecular flexibility index (Phi) is 7.39. The van der Waals surface area contributed by atoms with Crippen LogP contribution in [0.25, 0.3) is 0 Å². The van der Waals surface area contributed by atoms with Gasteiger partial charge in [-0.05, 0) is 56.1 Å². The molecule has 150 valence electrons. The molecule has 0 radical (unpaired) electrons. The van der Waals surface area contributed by atoms with Gasteiger partial charge in [-0.1, -0.05) is 15.9 Å². The van der Waals surface area contributed by atoms with E-state index in [4.69, 9.17) is 4.74 Å². The van der Waals surface area contributed by atoms with Crippen molar-refractivity contribution < 1.29 is 31.8 Å². The summed E-state index contributed by atoms with van der Waals surface area (Å²) >= 11 is 9.60. The first-order chi connectivity index (χ1) is 12.9. The first-order valence-corrected chi connectivity index (χ1v) is 10.7. The molecule has 0 saturated heterocycles. The third-order valence-electron chi connectivity index (χ3n) is 3.16. The second-order valence-corrected chi connectivity index (χ2v) is 9.14. The topological polar surface area (TPSA) is 86.5 Å². The summed E-state index contributed by atoms with van der Waals surface area (Å²) in [5, 5.41) is 11.1. The molecule has 0 saturated carbocycles. The largest absolute Gasteiger partial charge is 0.423 e. The van der Waals surface area contributed by atoms with E-state index in [1.165, 1.54) is 0 Å². The van der Waals surface area contributed by atoms with Crippen LogP contribution in [-0.2, 0) is 21.8 Å². The molecule has 1 unspecified atom stereocenters. The fourth-order valence-corrected chi connectivity index (χ4v) is 5.42. The summed E-state index contributed by atoms with van der Waals surface area (Å²) in [6, 6.07) is 4.74. The third kappa shape index (κ3) is 5.61. The number of nitro groups is 1. The van der Waals surface area contributed by atoms with Crippen molar-refractivity contribution in [1.29, 1.82) is 0 Å². The molecule has 0 aliphatic carbocycles. The molecule has 28 heavy (non-hydrogen) atoms. The molecule has 0 N–H and O–H groups in total. The van der Waals surface area contributed by atoms with Gasteiger partial charge in [0.25, 0.3) is 5.69 Å². The Morgan fingerprint density at radius 1 is 1.14 bits per heavy atom. The highest BCUT2D eigenvalue weighted by atomic mass is 79.9. The first kappa shape index (κ1) is 23.0. The number of ether oxygens (including phenoxy) is 1. The maximum Gasteiger partial charge on any atom is 0.416 e. The third-order valence-corrected chi connectivity index (χ3v) is 6.13. The predicted octanol–water partition coefficient (Wildman–Crippen LogP) is 5.61. The van der Waals surface area contributed by atoms with E-state index in [0.29, 0.717) is 19.5 Å². The van der Waals surface area contributed by atoms with Gasteiger partial charge in [-0.2, -0.15) is 13.2 Å². The zero-order valence-electron chi connectivity index (χ0n) is 13.3. The highest BCUT2D eigenvalue weighted by Gasteiger charge is 2.34. The average Bonchev–Trinajstić information content (AvgIpc) is 2.56. The molecule has 2 aromatic carbocycles. The van der Waals surface area contributed by atoms with Gasteiger partial charge in [0.05, 0.1) is 30.2 Å². The maximum absolute atomic E-state index is 12.7. The smallest absolute Gasteiger partial charge is 0.416 e. The molecule has 0 fully saturated rings. The molecule has 1 atom stereocenters. The van der Waals surface area contributed by atoms with Crippen molar-refractivity contribution in [3.8, 4) is 5.75 Å². The van der Waals surface area contributed by atoms with E-state index in [1.807, 2.05) is 0 Å². The number of nitrogens with zero attached hydrogens (tertiary/aromatic N) is 1. The molecular formula is C15H7Br3F3NO5S. The van der Waals surface area contributed by atoms with E-state index in [9.17, 15) is 32.3 Å². The molecule has 0 aliphatic rings. The molecule has 0 aromatic heterocycles. The second kappa shape index (κ2) is 9.01. The highest BCUT2D eigenvalue weighted by Crippen LogP contribution is 2.37. The number of halogens is 6. The fourth-order valence-electron chi connectivity index (χ4n) is 1.98. The summed E-state index contributed by atoms with van der Waals surface area (Å²) in [6.07, 6.45) is -4.80. The predicted molar refractivity (Wildman–Crippen MR) is 105 cm³/mol. The molecule has 0 aliphatic heterocycles. The van der Waals surface area contributed by atoms with Gasteiger partial charge in [-0.3, -0.25) is 19.1 Å². The van der Waals surface area contributed by atoms with E-state index >= 15 is 0 Å². The molecule has 0 amide bonds. The maximum atomic E-state index is 12.7. The van der Waals surface area contributed by atoms with Crippen molar-refractivity contribution in [2.45, 2.75) is 11.1 Å². The average molecular weight is 610 g/mol. The van der Waals surface area contributed by atoms with Gasteiger partial charge >= 0.3 is 12.1 Å². The number of alkyl halides is 3. The van der Waals surface area contributed by atoms with Crippen molar-refractivity contribution >= 4 is 70.2 Å². The van der Waals surface area contributed by atoms with Crippen molar-refractivity contribution in [2.24, 2.45) is 0 Å². The molecule has 13 heteroatoms. The standard InChI is InChI=1S/C15H7Br3F3NO5S/c16-8-4-9(17)14(10(18)5-8)27-13(23)6-28(26)12-2-1-7(15(19,20)21)3-11(12)22(24)25/h1-5H,6H2. The normalized spacial score (nSPS) is 12.5. The van der Waals surface area contributed by atoms with E-state index in [2.05, 4.69) is 47.8 Å². The Labute approximate surface area is 183 Å². The van der Waals surface area contributed by atoms with Gasteiger partial charge < -0.3 is 4.74 Å². The van der Waals surface area contributed by atoms with E-state index in [1.54, 1.807) is 12.1 Å². The lowest BCUT2D eigenvalue weighted by Crippen LogP contribution is -2.18. The Hall–Kier alpha value is -1.31. The van der Waals surface area contributed by atoms with Gasteiger partial charge in [0.2, 0.25) is 0 Å². The molecule has 2 rings (SSSR count). The van der Waals surface area contributed by atoms with E-state index in [-0.39, 0.29) is 11.8 Å². The number of hydrogen-bond donors (Lipinski definition) is 0. The zero-order chi connectivity index (χ0) is 21.2. The Morgan fingerprint density at radius 2 is 1.71 bits per heavy atom. The second-order valence-electron chi connectivity index (χ2n) is 5.10. The molecule has 0 heterocycles. The number of hydrogen-bond acceptors (Lipinski definition) is 5.